The summed E-state index contributed by atoms with van der Waals surface area (Å²) in [6, 6.07) is 0.214. The van der Waals surface area contributed by atoms with E-state index in [1.165, 1.54) is 11.3 Å². The fourth-order valence-corrected chi connectivity index (χ4v) is 2.64. The van der Waals surface area contributed by atoms with Crippen LogP contribution in [0.3, 0.4) is 0 Å². The largest absolute Gasteiger partial charge is 0.382 e. The highest BCUT2D eigenvalue weighted by molar-refractivity contribution is 7.18. The van der Waals surface area contributed by atoms with Crippen molar-refractivity contribution in [3.8, 4) is 0 Å². The molecule has 0 radical (unpaired) electrons. The molecule has 7 heteroatoms. The zero-order chi connectivity index (χ0) is 12.4. The summed E-state index contributed by atoms with van der Waals surface area (Å²) < 4.78 is 0. The molecule has 0 atom stereocenters. The molecule has 1 amide bonds. The van der Waals surface area contributed by atoms with Crippen LogP contribution >= 0.6 is 11.3 Å². The van der Waals surface area contributed by atoms with Gasteiger partial charge in [-0.15, -0.1) is 0 Å². The molecule has 0 unspecified atom stereocenters. The van der Waals surface area contributed by atoms with Crippen molar-refractivity contribution in [3.63, 3.8) is 0 Å². The molecule has 0 spiro atoms. The van der Waals surface area contributed by atoms with E-state index in [0.29, 0.717) is 28.9 Å². The van der Waals surface area contributed by atoms with Crippen molar-refractivity contribution in [2.45, 2.75) is 18.9 Å². The molecule has 0 aromatic carbocycles. The van der Waals surface area contributed by atoms with E-state index in [9.17, 15) is 4.79 Å². The average molecular weight is 255 g/mol. The van der Waals surface area contributed by atoms with Crippen LogP contribution in [0.5, 0.6) is 0 Å². The van der Waals surface area contributed by atoms with E-state index >= 15 is 0 Å². The predicted octanol–water partition coefficient (Wildman–Crippen LogP) is 0.330. The first-order valence-electron chi connectivity index (χ1n) is 5.60. The van der Waals surface area contributed by atoms with Crippen LogP contribution in [-0.2, 0) is 0 Å². The average Bonchev–Trinajstić information content (AvgIpc) is 2.71. The van der Waals surface area contributed by atoms with Gasteiger partial charge in [-0.05, 0) is 12.8 Å². The minimum Gasteiger partial charge on any atom is -0.382 e. The molecule has 0 aliphatic carbocycles. The summed E-state index contributed by atoms with van der Waals surface area (Å²) in [6.45, 7) is 1.40. The summed E-state index contributed by atoms with van der Waals surface area (Å²) in [6.07, 6.45) is 1.70. The van der Waals surface area contributed by atoms with E-state index < -0.39 is 0 Å². The van der Waals surface area contributed by atoms with E-state index in [0.717, 1.165) is 12.8 Å². The van der Waals surface area contributed by atoms with E-state index in [2.05, 4.69) is 10.3 Å². The molecule has 2 heterocycles. The summed E-state index contributed by atoms with van der Waals surface area (Å²) in [5.41, 5.74) is 11.5. The summed E-state index contributed by atoms with van der Waals surface area (Å²) in [4.78, 5) is 18.6. The molecule has 1 aromatic rings. The Hall–Kier alpha value is -1.34. The maximum Gasteiger partial charge on any atom is 0.267 e. The van der Waals surface area contributed by atoms with Gasteiger partial charge in [0.15, 0.2) is 5.13 Å². The standard InChI is InChI=1S/C10H17N5OS/c1-13-10-14-8(12)7(17-10)9(16)15-4-2-6(11)3-5-15/h6H,2-5,11-12H2,1H3,(H,13,14). The normalized spacial score (nSPS) is 17.2. The van der Waals surface area contributed by atoms with Crippen molar-refractivity contribution < 1.29 is 4.79 Å². The number of thiazole rings is 1. The fraction of sp³-hybridized carbons (Fsp3) is 0.600. The quantitative estimate of drug-likeness (QED) is 0.707. The lowest BCUT2D eigenvalue weighted by Gasteiger charge is -2.29. The number of carbonyl (C=O) groups excluding carboxylic acids is 1. The third kappa shape index (κ3) is 2.50. The molecule has 1 aliphatic heterocycles. The van der Waals surface area contributed by atoms with E-state index in [1.807, 2.05) is 0 Å². The molecule has 1 aliphatic rings. The van der Waals surface area contributed by atoms with Gasteiger partial charge in [-0.25, -0.2) is 4.98 Å². The highest BCUT2D eigenvalue weighted by atomic mass is 32.1. The van der Waals surface area contributed by atoms with Gasteiger partial charge >= 0.3 is 0 Å². The van der Waals surface area contributed by atoms with Gasteiger partial charge in [-0.2, -0.15) is 0 Å². The Bertz CT molecular complexity index is 411. The van der Waals surface area contributed by atoms with Crippen LogP contribution in [0.15, 0.2) is 0 Å². The first-order chi connectivity index (χ1) is 8.11. The van der Waals surface area contributed by atoms with Gasteiger partial charge in [-0.1, -0.05) is 11.3 Å². The Morgan fingerprint density at radius 2 is 2.18 bits per heavy atom. The SMILES string of the molecule is CNc1nc(N)c(C(=O)N2CCC(N)CC2)s1. The highest BCUT2D eigenvalue weighted by Gasteiger charge is 2.25. The third-order valence-electron chi connectivity index (χ3n) is 2.89. The molecule has 0 bridgehead atoms. The molecule has 17 heavy (non-hydrogen) atoms. The number of carbonyl (C=O) groups is 1. The lowest BCUT2D eigenvalue weighted by molar-refractivity contribution is 0.0720. The Balaban J connectivity index is 2.11. The summed E-state index contributed by atoms with van der Waals surface area (Å²) >= 11 is 1.29. The zero-order valence-corrected chi connectivity index (χ0v) is 10.6. The van der Waals surface area contributed by atoms with Crippen LogP contribution in [0.1, 0.15) is 22.5 Å². The Kier molecular flexibility index (Phi) is 3.49. The maximum atomic E-state index is 12.2. The van der Waals surface area contributed by atoms with Crippen LogP contribution in [0.2, 0.25) is 0 Å². The van der Waals surface area contributed by atoms with E-state index in [1.54, 1.807) is 11.9 Å². The van der Waals surface area contributed by atoms with Gasteiger partial charge < -0.3 is 21.7 Å². The molecular formula is C10H17N5OS. The number of likely N-dealkylation sites (tertiary alicyclic amines) is 1. The number of hydrogen-bond donors (Lipinski definition) is 3. The number of hydrogen-bond acceptors (Lipinski definition) is 6. The van der Waals surface area contributed by atoms with Crippen molar-refractivity contribution in [2.24, 2.45) is 5.73 Å². The number of piperidine rings is 1. The minimum atomic E-state index is -0.0339. The number of nitrogens with zero attached hydrogens (tertiary/aromatic N) is 2. The molecule has 1 saturated heterocycles. The summed E-state index contributed by atoms with van der Waals surface area (Å²) in [5.74, 6) is 0.271. The van der Waals surface area contributed by atoms with Gasteiger partial charge in [0, 0.05) is 26.2 Å². The number of nitrogen functional groups attached to an aromatic ring is 1. The lowest BCUT2D eigenvalue weighted by atomic mass is 10.1. The molecule has 0 saturated carbocycles. The van der Waals surface area contributed by atoms with Crippen molar-refractivity contribution in [3.05, 3.63) is 4.88 Å². The number of nitrogens with two attached hydrogens (primary N) is 2. The topological polar surface area (TPSA) is 97.3 Å². The summed E-state index contributed by atoms with van der Waals surface area (Å²) in [5, 5.41) is 3.56. The highest BCUT2D eigenvalue weighted by Crippen LogP contribution is 2.26. The number of rotatable bonds is 2. The smallest absolute Gasteiger partial charge is 0.267 e. The Morgan fingerprint density at radius 1 is 1.53 bits per heavy atom. The maximum absolute atomic E-state index is 12.2. The van der Waals surface area contributed by atoms with Gasteiger partial charge in [-0.3, -0.25) is 4.79 Å². The van der Waals surface area contributed by atoms with Crippen LogP contribution in [0.4, 0.5) is 10.9 Å². The van der Waals surface area contributed by atoms with Crippen LogP contribution in [-0.4, -0.2) is 42.0 Å². The zero-order valence-electron chi connectivity index (χ0n) is 9.77. The van der Waals surface area contributed by atoms with Gasteiger partial charge in [0.1, 0.15) is 10.7 Å². The Labute approximate surface area is 104 Å². The predicted molar refractivity (Wildman–Crippen MR) is 69.2 cm³/mol. The first kappa shape index (κ1) is 12.1. The molecule has 1 aromatic heterocycles. The second-order valence-electron chi connectivity index (χ2n) is 4.11. The molecule has 94 valence electrons. The lowest BCUT2D eigenvalue weighted by Crippen LogP contribution is -2.42. The van der Waals surface area contributed by atoms with E-state index in [4.69, 9.17) is 11.5 Å². The molecule has 1 fully saturated rings. The number of amides is 1. The molecule has 5 N–H and O–H groups in total. The molecule has 6 nitrogen and oxygen atoms in total. The number of anilines is 2. The van der Waals surface area contributed by atoms with Crippen molar-refractivity contribution in [1.29, 1.82) is 0 Å². The van der Waals surface area contributed by atoms with Crippen molar-refractivity contribution >= 4 is 28.2 Å². The van der Waals surface area contributed by atoms with Crippen LogP contribution in [0, 0.1) is 0 Å². The van der Waals surface area contributed by atoms with Gasteiger partial charge in [0.25, 0.3) is 5.91 Å². The van der Waals surface area contributed by atoms with Gasteiger partial charge in [0.2, 0.25) is 0 Å². The third-order valence-corrected chi connectivity index (χ3v) is 3.96. The second kappa shape index (κ2) is 4.89. The minimum absolute atomic E-state index is 0.0339. The van der Waals surface area contributed by atoms with Crippen LogP contribution < -0.4 is 16.8 Å². The Morgan fingerprint density at radius 3 is 2.71 bits per heavy atom. The monoisotopic (exact) mass is 255 g/mol. The van der Waals surface area contributed by atoms with Crippen molar-refractivity contribution in [2.75, 3.05) is 31.2 Å². The molecular weight excluding hydrogens is 238 g/mol. The van der Waals surface area contributed by atoms with E-state index in [-0.39, 0.29) is 11.9 Å². The van der Waals surface area contributed by atoms with Gasteiger partial charge in [0.05, 0.1) is 0 Å². The molecule has 2 rings (SSSR count). The summed E-state index contributed by atoms with van der Waals surface area (Å²) in [7, 11) is 1.76. The number of nitrogens with one attached hydrogen (secondary N) is 1. The second-order valence-corrected chi connectivity index (χ2v) is 5.11. The van der Waals surface area contributed by atoms with Crippen molar-refractivity contribution in [1.82, 2.24) is 9.88 Å². The first-order valence-corrected chi connectivity index (χ1v) is 6.42. The number of aromatic nitrogens is 1. The van der Waals surface area contributed by atoms with Crippen LogP contribution in [0.25, 0.3) is 0 Å². The fourth-order valence-electron chi connectivity index (χ4n) is 1.84.